The molecule has 0 fully saturated rings. The third-order valence-electron chi connectivity index (χ3n) is 3.85. The van der Waals surface area contributed by atoms with E-state index in [-0.39, 0.29) is 5.56 Å². The number of quaternary nitrogens is 1. The molecule has 25 heavy (non-hydrogen) atoms. The van der Waals surface area contributed by atoms with Crippen LogP contribution in [0, 0.1) is 0 Å². The van der Waals surface area contributed by atoms with Crippen LogP contribution < -0.4 is 10.5 Å². The van der Waals surface area contributed by atoms with E-state index in [0.717, 1.165) is 21.3 Å². The topological polar surface area (TPSA) is 63.3 Å². The van der Waals surface area contributed by atoms with Gasteiger partial charge in [0.1, 0.15) is 23.7 Å². The minimum Gasteiger partial charge on any atom is -0.464 e. The molecule has 4 aromatic heterocycles. The smallest absolute Gasteiger partial charge is 0.260 e. The quantitative estimate of drug-likeness (QED) is 0.548. The van der Waals surface area contributed by atoms with E-state index in [1.54, 1.807) is 17.6 Å². The van der Waals surface area contributed by atoms with Crippen molar-refractivity contribution < 1.29 is 9.32 Å². The number of furan rings is 1. The van der Waals surface area contributed by atoms with Crippen molar-refractivity contribution in [2.75, 3.05) is 7.05 Å². The maximum atomic E-state index is 12.6. The summed E-state index contributed by atoms with van der Waals surface area (Å²) in [4.78, 5) is 23.3. The lowest BCUT2D eigenvalue weighted by molar-refractivity contribution is -0.908. The summed E-state index contributed by atoms with van der Waals surface area (Å²) in [6.07, 6.45) is 1.60. The number of hydrogen-bond donors (Lipinski definition) is 2. The van der Waals surface area contributed by atoms with Crippen molar-refractivity contribution >= 4 is 44.5 Å². The van der Waals surface area contributed by atoms with Crippen LogP contribution in [0.2, 0.25) is 4.34 Å². The Bertz CT molecular complexity index is 1070. The zero-order valence-corrected chi connectivity index (χ0v) is 15.7. The normalized spacial score (nSPS) is 12.7. The van der Waals surface area contributed by atoms with Crippen LogP contribution >= 0.6 is 34.3 Å². The summed E-state index contributed by atoms with van der Waals surface area (Å²) in [7, 11) is 2.07. The van der Waals surface area contributed by atoms with Gasteiger partial charge in [0, 0.05) is 10.9 Å². The van der Waals surface area contributed by atoms with Crippen LogP contribution in [-0.2, 0) is 13.1 Å². The highest BCUT2D eigenvalue weighted by atomic mass is 35.5. The molecule has 8 heteroatoms. The van der Waals surface area contributed by atoms with Gasteiger partial charge >= 0.3 is 0 Å². The van der Waals surface area contributed by atoms with E-state index in [2.05, 4.69) is 17.0 Å². The van der Waals surface area contributed by atoms with Gasteiger partial charge in [0.05, 0.1) is 27.9 Å². The molecular formula is C17H15ClN3O2S2+. The predicted molar refractivity (Wildman–Crippen MR) is 102 cm³/mol. The van der Waals surface area contributed by atoms with E-state index in [4.69, 9.17) is 16.0 Å². The van der Waals surface area contributed by atoms with E-state index in [0.29, 0.717) is 23.5 Å². The Morgan fingerprint density at radius 2 is 2.20 bits per heavy atom. The molecule has 0 spiro atoms. The van der Waals surface area contributed by atoms with Crippen LogP contribution in [0.4, 0.5) is 0 Å². The van der Waals surface area contributed by atoms with E-state index >= 15 is 0 Å². The number of aromatic nitrogens is 2. The Balaban J connectivity index is 1.60. The van der Waals surface area contributed by atoms with Gasteiger partial charge in [0.25, 0.3) is 5.56 Å². The van der Waals surface area contributed by atoms with Crippen molar-refractivity contribution in [1.29, 1.82) is 0 Å². The summed E-state index contributed by atoms with van der Waals surface area (Å²) in [5.41, 5.74) is 0.666. The molecule has 4 rings (SSSR count). The first kappa shape index (κ1) is 16.5. The van der Waals surface area contributed by atoms with Crippen LogP contribution in [0.3, 0.4) is 0 Å². The highest BCUT2D eigenvalue weighted by Crippen LogP contribution is 2.30. The number of nitrogens with one attached hydrogen (secondary N) is 2. The molecule has 0 aliphatic heterocycles. The van der Waals surface area contributed by atoms with E-state index in [1.807, 2.05) is 29.6 Å². The standard InChI is InChI=1S/C17H14ClN3O2S2/c1-21(7-10-4-5-13(18)25-10)8-14-19-16(22)15-11(9-24-17(15)20-14)12-3-2-6-23-12/h2-6,9H,7-8H2,1H3,(H,19,20,22)/p+1. The van der Waals surface area contributed by atoms with Gasteiger partial charge in [-0.15, -0.1) is 22.7 Å². The fourth-order valence-electron chi connectivity index (χ4n) is 2.78. The van der Waals surface area contributed by atoms with Gasteiger partial charge in [-0.2, -0.15) is 0 Å². The van der Waals surface area contributed by atoms with Gasteiger partial charge in [0.2, 0.25) is 0 Å². The summed E-state index contributed by atoms with van der Waals surface area (Å²) >= 11 is 9.02. The van der Waals surface area contributed by atoms with Crippen molar-refractivity contribution in [2.45, 2.75) is 13.1 Å². The summed E-state index contributed by atoms with van der Waals surface area (Å²) in [6, 6.07) is 7.59. The molecule has 128 valence electrons. The molecule has 0 radical (unpaired) electrons. The number of hydrogen-bond acceptors (Lipinski definition) is 5. The minimum absolute atomic E-state index is 0.125. The third kappa shape index (κ3) is 3.41. The molecule has 0 bridgehead atoms. The predicted octanol–water partition coefficient (Wildman–Crippen LogP) is 3.17. The van der Waals surface area contributed by atoms with Gasteiger partial charge < -0.3 is 14.3 Å². The van der Waals surface area contributed by atoms with Crippen LogP contribution in [-0.4, -0.2) is 17.0 Å². The fourth-order valence-corrected chi connectivity index (χ4v) is 4.93. The first-order valence-corrected chi connectivity index (χ1v) is 9.77. The second-order valence-corrected chi connectivity index (χ2v) is 8.49. The molecule has 0 aliphatic carbocycles. The molecule has 0 saturated heterocycles. The van der Waals surface area contributed by atoms with Gasteiger partial charge in [0.15, 0.2) is 5.82 Å². The summed E-state index contributed by atoms with van der Waals surface area (Å²) < 4.78 is 6.21. The van der Waals surface area contributed by atoms with Gasteiger partial charge in [-0.1, -0.05) is 11.6 Å². The Kier molecular flexibility index (Phi) is 4.47. The Labute approximate surface area is 156 Å². The monoisotopic (exact) mass is 392 g/mol. The lowest BCUT2D eigenvalue weighted by atomic mass is 10.2. The molecule has 0 amide bonds. The molecule has 1 unspecified atom stereocenters. The van der Waals surface area contributed by atoms with Crippen molar-refractivity contribution in [2.24, 2.45) is 0 Å². The lowest BCUT2D eigenvalue weighted by Crippen LogP contribution is -3.06. The van der Waals surface area contributed by atoms with Gasteiger partial charge in [-0.25, -0.2) is 4.98 Å². The Morgan fingerprint density at radius 3 is 2.92 bits per heavy atom. The third-order valence-corrected chi connectivity index (χ3v) is 5.96. The molecule has 5 nitrogen and oxygen atoms in total. The first-order chi connectivity index (χ1) is 12.1. The number of H-pyrrole nitrogens is 1. The van der Waals surface area contributed by atoms with Crippen LogP contribution in [0.5, 0.6) is 0 Å². The zero-order valence-electron chi connectivity index (χ0n) is 13.3. The highest BCUT2D eigenvalue weighted by molar-refractivity contribution is 7.17. The van der Waals surface area contributed by atoms with Crippen molar-refractivity contribution in [3.8, 4) is 11.3 Å². The molecule has 0 aromatic carbocycles. The maximum absolute atomic E-state index is 12.6. The minimum atomic E-state index is -0.125. The Morgan fingerprint density at radius 1 is 1.32 bits per heavy atom. The second-order valence-electron chi connectivity index (χ2n) is 5.84. The number of nitrogens with zero attached hydrogens (tertiary/aromatic N) is 1. The average molecular weight is 393 g/mol. The second kappa shape index (κ2) is 6.76. The molecule has 4 aromatic rings. The summed E-state index contributed by atoms with van der Waals surface area (Å²) in [5, 5.41) is 2.51. The number of fused-ring (bicyclic) bond motifs is 1. The van der Waals surface area contributed by atoms with Crippen LogP contribution in [0.15, 0.2) is 45.1 Å². The van der Waals surface area contributed by atoms with Crippen molar-refractivity contribution in [1.82, 2.24) is 9.97 Å². The highest BCUT2D eigenvalue weighted by Gasteiger charge is 2.16. The average Bonchev–Trinajstić information content (AvgIpc) is 3.27. The number of aromatic amines is 1. The summed E-state index contributed by atoms with van der Waals surface area (Å²) in [5.74, 6) is 1.37. The fraction of sp³-hybridized carbons (Fsp3) is 0.176. The molecule has 1 atom stereocenters. The summed E-state index contributed by atoms with van der Waals surface area (Å²) in [6.45, 7) is 1.47. The lowest BCUT2D eigenvalue weighted by Gasteiger charge is -2.12. The molecular weight excluding hydrogens is 378 g/mol. The SMILES string of the molecule is C[NH+](Cc1nc2scc(-c3ccco3)c2c(=O)[nH]1)Cc1ccc(Cl)s1. The number of thiophene rings is 2. The first-order valence-electron chi connectivity index (χ1n) is 7.70. The van der Waals surface area contributed by atoms with Crippen LogP contribution in [0.25, 0.3) is 21.5 Å². The van der Waals surface area contributed by atoms with Crippen LogP contribution in [0.1, 0.15) is 10.7 Å². The number of halogens is 1. The molecule has 4 heterocycles. The zero-order chi connectivity index (χ0) is 17.4. The molecule has 0 aliphatic rings. The number of rotatable bonds is 5. The van der Waals surface area contributed by atoms with Crippen molar-refractivity contribution in [3.05, 3.63) is 61.3 Å². The maximum Gasteiger partial charge on any atom is 0.260 e. The molecule has 0 saturated carbocycles. The van der Waals surface area contributed by atoms with E-state index in [1.165, 1.54) is 21.1 Å². The van der Waals surface area contributed by atoms with E-state index in [9.17, 15) is 4.79 Å². The van der Waals surface area contributed by atoms with E-state index < -0.39 is 0 Å². The molecule has 2 N–H and O–H groups in total. The Hall–Kier alpha value is -1.93. The van der Waals surface area contributed by atoms with Gasteiger partial charge in [-0.3, -0.25) is 4.79 Å². The van der Waals surface area contributed by atoms with Crippen molar-refractivity contribution in [3.63, 3.8) is 0 Å². The largest absolute Gasteiger partial charge is 0.464 e. The van der Waals surface area contributed by atoms with Gasteiger partial charge in [-0.05, 0) is 24.3 Å².